The lowest BCUT2D eigenvalue weighted by molar-refractivity contribution is -0.385. The lowest BCUT2D eigenvalue weighted by Crippen LogP contribution is -2.20. The maximum atomic E-state index is 12.3. The molecular weight excluding hydrogens is 463 g/mol. The number of amides is 1. The summed E-state index contributed by atoms with van der Waals surface area (Å²) >= 11 is 12.2. The zero-order chi connectivity index (χ0) is 23.4. The second-order valence-electron chi connectivity index (χ2n) is 7.33. The lowest BCUT2D eigenvalue weighted by Gasteiger charge is -2.06. The summed E-state index contributed by atoms with van der Waals surface area (Å²) in [5, 5.41) is 17.1. The largest absolute Gasteiger partial charge is 0.342 e. The lowest BCUT2D eigenvalue weighted by atomic mass is 10.1. The van der Waals surface area contributed by atoms with E-state index in [2.05, 4.69) is 15.1 Å². The summed E-state index contributed by atoms with van der Waals surface area (Å²) in [5.74, 6) is -0.444. The molecule has 0 saturated heterocycles. The van der Waals surface area contributed by atoms with Crippen molar-refractivity contribution in [3.8, 4) is 0 Å². The molecule has 0 aliphatic carbocycles. The first-order chi connectivity index (χ1) is 15.9. The molecule has 1 aromatic heterocycles. The van der Waals surface area contributed by atoms with Crippen LogP contribution in [0.15, 0.2) is 78.0 Å². The van der Waals surface area contributed by atoms with Crippen molar-refractivity contribution in [2.75, 3.05) is 0 Å². The van der Waals surface area contributed by atoms with Gasteiger partial charge in [-0.05, 0) is 23.8 Å². The number of benzene rings is 3. The number of hydrazone groups is 1. The standard InChI is InChI=1S/C24H18Cl2N4O3/c25-20-10-9-16(11-21(20)26)14-29-15-18(19-6-2-4-8-23(19)29)13-27-28-24(31)12-17-5-1-3-7-22(17)30(32)33/h1-11,13,15H,12,14H2,(H,28,31)/b27-13+. The van der Waals surface area contributed by atoms with Crippen molar-refractivity contribution in [2.45, 2.75) is 13.0 Å². The molecule has 0 fully saturated rings. The third-order valence-corrected chi connectivity index (χ3v) is 5.83. The first kappa shape index (κ1) is 22.5. The van der Waals surface area contributed by atoms with E-state index < -0.39 is 10.8 Å². The Morgan fingerprint density at radius 1 is 1.06 bits per heavy atom. The zero-order valence-corrected chi connectivity index (χ0v) is 18.8. The quantitative estimate of drug-likeness (QED) is 0.212. The second kappa shape index (κ2) is 9.85. The van der Waals surface area contributed by atoms with E-state index >= 15 is 0 Å². The Bertz CT molecular complexity index is 1380. The van der Waals surface area contributed by atoms with Gasteiger partial charge >= 0.3 is 0 Å². The number of nitro groups is 1. The number of nitro benzene ring substituents is 1. The number of carbonyl (C=O) groups excluding carboxylic acids is 1. The number of hydrogen-bond acceptors (Lipinski definition) is 4. The molecule has 1 amide bonds. The average molecular weight is 481 g/mol. The van der Waals surface area contributed by atoms with Crippen LogP contribution < -0.4 is 5.43 Å². The molecule has 1 N–H and O–H groups in total. The van der Waals surface area contributed by atoms with Crippen LogP contribution in [0.2, 0.25) is 10.0 Å². The number of aromatic nitrogens is 1. The Hall–Kier alpha value is -3.68. The van der Waals surface area contributed by atoms with Gasteiger partial charge in [0.15, 0.2) is 0 Å². The highest BCUT2D eigenvalue weighted by Crippen LogP contribution is 2.25. The minimum absolute atomic E-state index is 0.0954. The number of hydrogen-bond donors (Lipinski definition) is 1. The van der Waals surface area contributed by atoms with E-state index in [9.17, 15) is 14.9 Å². The van der Waals surface area contributed by atoms with Crippen LogP contribution in [0.1, 0.15) is 16.7 Å². The summed E-state index contributed by atoms with van der Waals surface area (Å²) in [6.07, 6.45) is 3.35. The highest BCUT2D eigenvalue weighted by molar-refractivity contribution is 6.42. The van der Waals surface area contributed by atoms with Crippen LogP contribution >= 0.6 is 23.2 Å². The molecule has 0 bridgehead atoms. The summed E-state index contributed by atoms with van der Waals surface area (Å²) in [7, 11) is 0. The maximum absolute atomic E-state index is 12.3. The molecule has 0 spiro atoms. The number of para-hydroxylation sites is 2. The number of fused-ring (bicyclic) bond motifs is 1. The van der Waals surface area contributed by atoms with Gasteiger partial charge in [-0.15, -0.1) is 0 Å². The fourth-order valence-corrected chi connectivity index (χ4v) is 3.89. The van der Waals surface area contributed by atoms with E-state index in [1.807, 2.05) is 42.6 Å². The number of carbonyl (C=O) groups is 1. The third-order valence-electron chi connectivity index (χ3n) is 5.09. The number of rotatable bonds is 7. The first-order valence-electron chi connectivity index (χ1n) is 9.98. The molecule has 0 unspecified atom stereocenters. The van der Waals surface area contributed by atoms with E-state index in [1.54, 1.807) is 30.5 Å². The molecule has 0 radical (unpaired) electrons. The van der Waals surface area contributed by atoms with Crippen LogP contribution in [0.5, 0.6) is 0 Å². The van der Waals surface area contributed by atoms with Crippen molar-refractivity contribution in [2.24, 2.45) is 5.10 Å². The molecule has 0 atom stereocenters. The van der Waals surface area contributed by atoms with Gasteiger partial charge in [-0.3, -0.25) is 14.9 Å². The minimum Gasteiger partial charge on any atom is -0.342 e. The highest BCUT2D eigenvalue weighted by Gasteiger charge is 2.15. The molecule has 7 nitrogen and oxygen atoms in total. The smallest absolute Gasteiger partial charge is 0.273 e. The molecule has 166 valence electrons. The fraction of sp³-hybridized carbons (Fsp3) is 0.0833. The Kier molecular flexibility index (Phi) is 6.72. The fourth-order valence-electron chi connectivity index (χ4n) is 3.57. The van der Waals surface area contributed by atoms with Gasteiger partial charge < -0.3 is 4.57 Å². The van der Waals surface area contributed by atoms with Crippen LogP contribution in [0.4, 0.5) is 5.69 Å². The second-order valence-corrected chi connectivity index (χ2v) is 8.15. The van der Waals surface area contributed by atoms with Crippen LogP contribution in [0.3, 0.4) is 0 Å². The first-order valence-corrected chi connectivity index (χ1v) is 10.7. The highest BCUT2D eigenvalue weighted by atomic mass is 35.5. The van der Waals surface area contributed by atoms with Gasteiger partial charge in [0.25, 0.3) is 5.69 Å². The predicted octanol–water partition coefficient (Wildman–Crippen LogP) is 5.60. The van der Waals surface area contributed by atoms with E-state index in [-0.39, 0.29) is 12.1 Å². The summed E-state index contributed by atoms with van der Waals surface area (Å²) < 4.78 is 2.06. The summed E-state index contributed by atoms with van der Waals surface area (Å²) in [6.45, 7) is 0.579. The molecule has 9 heteroatoms. The van der Waals surface area contributed by atoms with E-state index in [1.165, 1.54) is 6.07 Å². The molecular formula is C24H18Cl2N4O3. The topological polar surface area (TPSA) is 89.5 Å². The van der Waals surface area contributed by atoms with Gasteiger partial charge in [-0.1, -0.05) is 65.7 Å². The monoisotopic (exact) mass is 480 g/mol. The Balaban J connectivity index is 1.51. The van der Waals surface area contributed by atoms with E-state index in [0.717, 1.165) is 22.0 Å². The van der Waals surface area contributed by atoms with Crippen molar-refractivity contribution in [1.82, 2.24) is 9.99 Å². The van der Waals surface area contributed by atoms with Crippen LogP contribution in [0, 0.1) is 10.1 Å². The Morgan fingerprint density at radius 2 is 1.82 bits per heavy atom. The van der Waals surface area contributed by atoms with E-state index in [4.69, 9.17) is 23.2 Å². The van der Waals surface area contributed by atoms with Gasteiger partial charge in [0.2, 0.25) is 5.91 Å². The van der Waals surface area contributed by atoms with Gasteiger partial charge in [-0.25, -0.2) is 5.43 Å². The maximum Gasteiger partial charge on any atom is 0.273 e. The molecule has 0 aliphatic heterocycles. The summed E-state index contributed by atoms with van der Waals surface area (Å²) in [6, 6.07) is 19.5. The van der Waals surface area contributed by atoms with E-state index in [0.29, 0.717) is 22.2 Å². The van der Waals surface area contributed by atoms with Gasteiger partial charge in [0.1, 0.15) is 0 Å². The van der Waals surface area contributed by atoms with Crippen LogP contribution in [-0.4, -0.2) is 21.6 Å². The molecule has 0 saturated carbocycles. The minimum atomic E-state index is -0.505. The average Bonchev–Trinajstić information content (AvgIpc) is 3.14. The molecule has 1 heterocycles. The Morgan fingerprint density at radius 3 is 2.61 bits per heavy atom. The number of halogens is 2. The molecule has 0 aliphatic rings. The third kappa shape index (κ3) is 5.22. The summed E-state index contributed by atoms with van der Waals surface area (Å²) in [5.41, 5.74) is 5.49. The van der Waals surface area contributed by atoms with Crippen molar-refractivity contribution in [1.29, 1.82) is 0 Å². The SMILES string of the molecule is O=C(Cc1ccccc1[N+](=O)[O-])N/N=C/c1cn(Cc2ccc(Cl)c(Cl)c2)c2ccccc12. The van der Waals surface area contributed by atoms with Gasteiger partial charge in [0, 0.05) is 40.8 Å². The number of nitrogens with zero attached hydrogens (tertiary/aromatic N) is 3. The van der Waals surface area contributed by atoms with Crippen molar-refractivity contribution in [3.63, 3.8) is 0 Å². The molecule has 4 aromatic rings. The summed E-state index contributed by atoms with van der Waals surface area (Å²) in [4.78, 5) is 22.9. The molecule has 4 rings (SSSR count). The van der Waals surface area contributed by atoms with Crippen molar-refractivity contribution < 1.29 is 9.72 Å². The van der Waals surface area contributed by atoms with Crippen LogP contribution in [0.25, 0.3) is 10.9 Å². The molecule has 3 aromatic carbocycles. The molecule has 33 heavy (non-hydrogen) atoms. The predicted molar refractivity (Wildman–Crippen MR) is 130 cm³/mol. The van der Waals surface area contributed by atoms with Crippen molar-refractivity contribution >= 4 is 51.9 Å². The zero-order valence-electron chi connectivity index (χ0n) is 17.2. The Labute approximate surface area is 199 Å². The normalized spacial score (nSPS) is 11.2. The van der Waals surface area contributed by atoms with Gasteiger partial charge in [-0.2, -0.15) is 5.10 Å². The van der Waals surface area contributed by atoms with Crippen LogP contribution in [-0.2, 0) is 17.8 Å². The van der Waals surface area contributed by atoms with Crippen molar-refractivity contribution in [3.05, 3.63) is 110 Å². The number of nitrogens with one attached hydrogen (secondary N) is 1. The van der Waals surface area contributed by atoms with Gasteiger partial charge in [0.05, 0.1) is 27.6 Å².